The van der Waals surface area contributed by atoms with Crippen LogP contribution < -0.4 is 25.0 Å². The molecule has 0 aromatic heterocycles. The third kappa shape index (κ3) is 4.75. The van der Waals surface area contributed by atoms with Crippen LogP contribution in [0.4, 0.5) is 17.1 Å². The van der Waals surface area contributed by atoms with E-state index in [1.165, 1.54) is 0 Å². The van der Waals surface area contributed by atoms with Crippen molar-refractivity contribution in [2.75, 3.05) is 44.6 Å². The van der Waals surface area contributed by atoms with E-state index >= 15 is 0 Å². The second-order valence-electron chi connectivity index (χ2n) is 7.46. The maximum Gasteiger partial charge on any atom is 0.237 e. The Balaban J connectivity index is 1.92. The lowest BCUT2D eigenvalue weighted by molar-refractivity contribution is -0.117. The fourth-order valence-corrected chi connectivity index (χ4v) is 3.83. The number of amides is 2. The average molecular weight is 439 g/mol. The van der Waals surface area contributed by atoms with E-state index in [1.807, 2.05) is 44.3 Å². The van der Waals surface area contributed by atoms with E-state index in [9.17, 15) is 9.59 Å². The highest BCUT2D eigenvalue weighted by Crippen LogP contribution is 2.42. The summed E-state index contributed by atoms with van der Waals surface area (Å²) >= 11 is 0. The molecule has 0 aliphatic carbocycles. The highest BCUT2D eigenvalue weighted by Gasteiger charge is 2.35. The summed E-state index contributed by atoms with van der Waals surface area (Å²) in [5.41, 5.74) is 3.81. The Morgan fingerprint density at radius 3 is 2.38 bits per heavy atom. The number of hydrogen-bond acceptors (Lipinski definition) is 6. The summed E-state index contributed by atoms with van der Waals surface area (Å²) in [5.74, 6) is 0.486. The predicted octanol–water partition coefficient (Wildman–Crippen LogP) is 3.49. The number of likely N-dealkylation sites (N-methyl/N-ethyl adjacent to an activating group) is 1. The monoisotopic (exact) mass is 438 g/mol. The topological polar surface area (TPSA) is 92.3 Å². The number of methoxy groups -OCH3 is 2. The first-order chi connectivity index (χ1) is 15.4. The van der Waals surface area contributed by atoms with Crippen LogP contribution in [-0.2, 0) is 9.59 Å². The van der Waals surface area contributed by atoms with Crippen LogP contribution in [0.25, 0.3) is 0 Å². The zero-order valence-corrected chi connectivity index (χ0v) is 19.2. The number of hydrogen-bond donors (Lipinski definition) is 2. The molecule has 0 radical (unpaired) electrons. The van der Waals surface area contributed by atoms with Crippen LogP contribution >= 0.6 is 0 Å². The highest BCUT2D eigenvalue weighted by atomic mass is 16.5. The molecule has 1 aliphatic heterocycles. The van der Waals surface area contributed by atoms with E-state index < -0.39 is 5.92 Å². The van der Waals surface area contributed by atoms with Gasteiger partial charge in [0.2, 0.25) is 11.8 Å². The molecular weight excluding hydrogens is 408 g/mol. The molecule has 0 spiro atoms. The molecule has 0 saturated heterocycles. The van der Waals surface area contributed by atoms with E-state index in [0.29, 0.717) is 36.7 Å². The number of fused-ring (bicyclic) bond motifs is 1. The molecule has 1 aliphatic rings. The van der Waals surface area contributed by atoms with Crippen molar-refractivity contribution >= 4 is 34.6 Å². The fraction of sp³-hybridized carbons (Fsp3) is 0.375. The zero-order chi connectivity index (χ0) is 23.3. The molecule has 2 amide bonds. The van der Waals surface area contributed by atoms with Crippen molar-refractivity contribution in [3.8, 4) is 11.5 Å². The second-order valence-corrected chi connectivity index (χ2v) is 7.46. The molecule has 1 atom stereocenters. The molecule has 2 N–H and O–H groups in total. The Kier molecular flexibility index (Phi) is 7.48. The molecule has 1 unspecified atom stereocenters. The Labute approximate surface area is 188 Å². The molecule has 2 aromatic carbocycles. The van der Waals surface area contributed by atoms with E-state index in [2.05, 4.69) is 10.6 Å². The van der Waals surface area contributed by atoms with Gasteiger partial charge < -0.3 is 25.0 Å². The summed E-state index contributed by atoms with van der Waals surface area (Å²) in [5, 5.41) is 5.98. The molecule has 170 valence electrons. The van der Waals surface area contributed by atoms with Gasteiger partial charge in [0.25, 0.3) is 0 Å². The Morgan fingerprint density at radius 1 is 1.16 bits per heavy atom. The first-order valence-corrected chi connectivity index (χ1v) is 10.6. The normalized spacial score (nSPS) is 15.2. The van der Waals surface area contributed by atoms with E-state index in [1.54, 1.807) is 32.1 Å². The number of benzene rings is 2. The number of rotatable bonds is 9. The minimum atomic E-state index is -0.501. The maximum atomic E-state index is 12.8. The van der Waals surface area contributed by atoms with Crippen molar-refractivity contribution in [3.05, 3.63) is 42.0 Å². The molecule has 3 rings (SSSR count). The molecule has 0 fully saturated rings. The Hall–Kier alpha value is -3.39. The summed E-state index contributed by atoms with van der Waals surface area (Å²) in [4.78, 5) is 31.3. The van der Waals surface area contributed by atoms with Gasteiger partial charge in [0.15, 0.2) is 11.5 Å². The van der Waals surface area contributed by atoms with Gasteiger partial charge in [0.1, 0.15) is 5.92 Å². The first-order valence-electron chi connectivity index (χ1n) is 10.6. The largest absolute Gasteiger partial charge is 0.493 e. The molecule has 2 aromatic rings. The van der Waals surface area contributed by atoms with Gasteiger partial charge in [-0.15, -0.1) is 0 Å². The van der Waals surface area contributed by atoms with Crippen LogP contribution in [0.1, 0.15) is 31.7 Å². The van der Waals surface area contributed by atoms with Gasteiger partial charge in [-0.1, -0.05) is 6.92 Å². The van der Waals surface area contributed by atoms with Gasteiger partial charge in [-0.2, -0.15) is 0 Å². The summed E-state index contributed by atoms with van der Waals surface area (Å²) in [7, 11) is 4.99. The van der Waals surface area contributed by atoms with Crippen LogP contribution in [0, 0.1) is 0 Å². The Morgan fingerprint density at radius 2 is 1.81 bits per heavy atom. The van der Waals surface area contributed by atoms with E-state index in [-0.39, 0.29) is 11.8 Å². The van der Waals surface area contributed by atoms with Crippen LogP contribution in [-0.4, -0.2) is 51.9 Å². The van der Waals surface area contributed by atoms with Crippen LogP contribution in [0.2, 0.25) is 0 Å². The average Bonchev–Trinajstić information content (AvgIpc) is 3.11. The quantitative estimate of drug-likeness (QED) is 0.585. The van der Waals surface area contributed by atoms with Gasteiger partial charge in [0, 0.05) is 43.2 Å². The molecule has 8 nitrogen and oxygen atoms in total. The van der Waals surface area contributed by atoms with E-state index in [0.717, 1.165) is 22.6 Å². The number of ether oxygens (including phenoxy) is 2. The van der Waals surface area contributed by atoms with Gasteiger partial charge >= 0.3 is 0 Å². The lowest BCUT2D eigenvalue weighted by Gasteiger charge is -2.21. The molecule has 0 saturated carbocycles. The summed E-state index contributed by atoms with van der Waals surface area (Å²) in [6, 6.07) is 11.1. The van der Waals surface area contributed by atoms with Crippen molar-refractivity contribution in [1.82, 2.24) is 5.32 Å². The van der Waals surface area contributed by atoms with Crippen LogP contribution in [0.3, 0.4) is 0 Å². The lowest BCUT2D eigenvalue weighted by atomic mass is 9.93. The van der Waals surface area contributed by atoms with Crippen LogP contribution in [0.5, 0.6) is 11.5 Å². The summed E-state index contributed by atoms with van der Waals surface area (Å²) in [6.45, 7) is 4.81. The van der Waals surface area contributed by atoms with Crippen molar-refractivity contribution in [2.24, 2.45) is 4.99 Å². The number of carbonyl (C=O) groups is 2. The fourth-order valence-electron chi connectivity index (χ4n) is 3.83. The Bertz CT molecular complexity index is 1020. The molecule has 1 heterocycles. The molecule has 0 bridgehead atoms. The van der Waals surface area contributed by atoms with Gasteiger partial charge in [-0.3, -0.25) is 14.6 Å². The zero-order valence-electron chi connectivity index (χ0n) is 19.2. The lowest BCUT2D eigenvalue weighted by Crippen LogP contribution is -2.34. The third-order valence-corrected chi connectivity index (χ3v) is 5.48. The minimum Gasteiger partial charge on any atom is -0.493 e. The number of carbonyl (C=O) groups excluding carboxylic acids is 2. The maximum absolute atomic E-state index is 12.8. The molecule has 8 heteroatoms. The van der Waals surface area contributed by atoms with Gasteiger partial charge in [0.05, 0.1) is 19.9 Å². The van der Waals surface area contributed by atoms with Crippen molar-refractivity contribution in [3.63, 3.8) is 0 Å². The second kappa shape index (κ2) is 10.3. The predicted molar refractivity (Wildman–Crippen MR) is 127 cm³/mol. The first kappa shape index (κ1) is 23.3. The minimum absolute atomic E-state index is 0.0191. The van der Waals surface area contributed by atoms with Crippen molar-refractivity contribution in [1.29, 1.82) is 0 Å². The highest BCUT2D eigenvalue weighted by molar-refractivity contribution is 6.19. The van der Waals surface area contributed by atoms with Crippen molar-refractivity contribution < 1.29 is 19.1 Å². The van der Waals surface area contributed by atoms with Crippen LogP contribution in [0.15, 0.2) is 41.4 Å². The molecule has 32 heavy (non-hydrogen) atoms. The molecular formula is C24H30N4O4. The summed E-state index contributed by atoms with van der Waals surface area (Å²) < 4.78 is 10.8. The third-order valence-electron chi connectivity index (χ3n) is 5.48. The SMILES string of the molecule is CCC(=Nc1ccc(N(CCNC)C(C)=O)cc1)C1C(=O)Nc2cc(OC)c(OC)cc21. The number of nitrogens with one attached hydrogen (secondary N) is 2. The standard InChI is InChI=1S/C24H30N4O4/c1-6-19(23-18-13-21(31-4)22(32-5)14-20(18)27-24(23)30)26-16-7-9-17(10-8-16)28(15(2)29)12-11-25-3/h7-10,13-14,23,25H,6,11-12H2,1-5H3,(H,27,30). The summed E-state index contributed by atoms with van der Waals surface area (Å²) in [6.07, 6.45) is 0.607. The van der Waals surface area contributed by atoms with Gasteiger partial charge in [-0.05, 0) is 49.4 Å². The van der Waals surface area contributed by atoms with Crippen molar-refractivity contribution in [2.45, 2.75) is 26.2 Å². The smallest absolute Gasteiger partial charge is 0.237 e. The van der Waals surface area contributed by atoms with E-state index in [4.69, 9.17) is 14.5 Å². The number of anilines is 2. The number of nitrogens with zero attached hydrogens (tertiary/aromatic N) is 2. The van der Waals surface area contributed by atoms with Gasteiger partial charge in [-0.25, -0.2) is 0 Å². The number of aliphatic imine (C=N–C) groups is 1.